The predicted octanol–water partition coefficient (Wildman–Crippen LogP) is 4.08. The zero-order valence-corrected chi connectivity index (χ0v) is 17.2. The molecule has 0 atom stereocenters. The SMILES string of the molecule is CCCS(=O)(=O)N1CCc2ccc(NC(=O)CCC3CCCCC3)cc2C1. The summed E-state index contributed by atoms with van der Waals surface area (Å²) < 4.78 is 26.3. The van der Waals surface area contributed by atoms with Gasteiger partial charge in [0.05, 0.1) is 5.75 Å². The van der Waals surface area contributed by atoms with Gasteiger partial charge in [0.15, 0.2) is 0 Å². The Hall–Kier alpha value is -1.40. The van der Waals surface area contributed by atoms with E-state index in [1.165, 1.54) is 37.7 Å². The van der Waals surface area contributed by atoms with E-state index in [-0.39, 0.29) is 11.7 Å². The minimum atomic E-state index is -3.19. The highest BCUT2D eigenvalue weighted by molar-refractivity contribution is 7.89. The van der Waals surface area contributed by atoms with Crippen molar-refractivity contribution in [3.05, 3.63) is 29.3 Å². The molecule has 1 amide bonds. The summed E-state index contributed by atoms with van der Waals surface area (Å²) in [6.45, 7) is 2.84. The van der Waals surface area contributed by atoms with Crippen LogP contribution in [0.4, 0.5) is 5.69 Å². The van der Waals surface area contributed by atoms with Crippen molar-refractivity contribution in [1.29, 1.82) is 0 Å². The molecule has 1 aromatic carbocycles. The lowest BCUT2D eigenvalue weighted by molar-refractivity contribution is -0.116. The zero-order chi connectivity index (χ0) is 19.3. The van der Waals surface area contributed by atoms with Gasteiger partial charge >= 0.3 is 0 Å². The number of nitrogens with zero attached hydrogens (tertiary/aromatic N) is 1. The number of hydrogen-bond acceptors (Lipinski definition) is 3. The number of rotatable bonds is 7. The highest BCUT2D eigenvalue weighted by atomic mass is 32.2. The van der Waals surface area contributed by atoms with Gasteiger partial charge < -0.3 is 5.32 Å². The summed E-state index contributed by atoms with van der Waals surface area (Å²) in [5.74, 6) is 0.956. The van der Waals surface area contributed by atoms with E-state index in [1.54, 1.807) is 4.31 Å². The first-order valence-corrected chi connectivity index (χ1v) is 12.0. The second-order valence-electron chi connectivity index (χ2n) is 7.97. The summed E-state index contributed by atoms with van der Waals surface area (Å²) in [5.41, 5.74) is 2.96. The molecule has 150 valence electrons. The van der Waals surface area contributed by atoms with Crippen LogP contribution in [0, 0.1) is 5.92 Å². The maximum absolute atomic E-state index is 12.3. The summed E-state index contributed by atoms with van der Waals surface area (Å²) >= 11 is 0. The van der Waals surface area contributed by atoms with Crippen molar-refractivity contribution in [3.8, 4) is 0 Å². The number of benzene rings is 1. The molecule has 0 unspecified atom stereocenters. The van der Waals surface area contributed by atoms with E-state index in [2.05, 4.69) is 5.32 Å². The Morgan fingerprint density at radius 3 is 2.70 bits per heavy atom. The van der Waals surface area contributed by atoms with E-state index in [9.17, 15) is 13.2 Å². The molecule has 2 aliphatic rings. The molecule has 1 heterocycles. The molecule has 3 rings (SSSR count). The van der Waals surface area contributed by atoms with Gasteiger partial charge in [-0.2, -0.15) is 4.31 Å². The molecular weight excluding hydrogens is 360 g/mol. The van der Waals surface area contributed by atoms with Gasteiger partial charge in [0.2, 0.25) is 15.9 Å². The van der Waals surface area contributed by atoms with Crippen LogP contribution in [-0.4, -0.2) is 30.9 Å². The Morgan fingerprint density at radius 1 is 1.19 bits per heavy atom. The average molecular weight is 393 g/mol. The molecule has 1 fully saturated rings. The first kappa shape index (κ1) is 20.3. The Morgan fingerprint density at radius 2 is 1.96 bits per heavy atom. The van der Waals surface area contributed by atoms with Gasteiger partial charge in [0, 0.05) is 25.2 Å². The second kappa shape index (κ2) is 9.20. The fourth-order valence-electron chi connectivity index (χ4n) is 4.27. The molecule has 1 aliphatic carbocycles. The number of sulfonamides is 1. The molecule has 5 nitrogen and oxygen atoms in total. The largest absolute Gasteiger partial charge is 0.326 e. The lowest BCUT2D eigenvalue weighted by atomic mass is 9.86. The first-order valence-electron chi connectivity index (χ1n) is 10.4. The number of amides is 1. The van der Waals surface area contributed by atoms with Gasteiger partial charge in [-0.15, -0.1) is 0 Å². The van der Waals surface area contributed by atoms with Crippen molar-refractivity contribution in [2.75, 3.05) is 17.6 Å². The summed E-state index contributed by atoms with van der Waals surface area (Å²) in [6, 6.07) is 5.91. The molecule has 0 bridgehead atoms. The van der Waals surface area contributed by atoms with Crippen molar-refractivity contribution in [1.82, 2.24) is 4.31 Å². The van der Waals surface area contributed by atoms with Crippen LogP contribution in [0.2, 0.25) is 0 Å². The van der Waals surface area contributed by atoms with Gasteiger partial charge in [0.25, 0.3) is 0 Å². The van der Waals surface area contributed by atoms with Gasteiger partial charge in [-0.05, 0) is 48.4 Å². The van der Waals surface area contributed by atoms with Gasteiger partial charge in [-0.1, -0.05) is 45.1 Å². The lowest BCUT2D eigenvalue weighted by Crippen LogP contribution is -2.37. The minimum Gasteiger partial charge on any atom is -0.326 e. The van der Waals surface area contributed by atoms with Gasteiger partial charge in [-0.3, -0.25) is 4.79 Å². The number of carbonyl (C=O) groups is 1. The maximum atomic E-state index is 12.3. The Labute approximate surface area is 163 Å². The van der Waals surface area contributed by atoms with Crippen LogP contribution < -0.4 is 5.32 Å². The predicted molar refractivity (Wildman–Crippen MR) is 109 cm³/mol. The average Bonchev–Trinajstić information content (AvgIpc) is 2.66. The molecule has 1 N–H and O–H groups in total. The minimum absolute atomic E-state index is 0.0618. The summed E-state index contributed by atoms with van der Waals surface area (Å²) in [4.78, 5) is 12.3. The quantitative estimate of drug-likeness (QED) is 0.760. The fourth-order valence-corrected chi connectivity index (χ4v) is 5.75. The molecule has 0 aromatic heterocycles. The molecule has 1 aromatic rings. The van der Waals surface area contributed by atoms with Crippen LogP contribution in [-0.2, 0) is 27.8 Å². The van der Waals surface area contributed by atoms with E-state index in [4.69, 9.17) is 0 Å². The molecule has 0 spiro atoms. The number of hydrogen-bond donors (Lipinski definition) is 1. The van der Waals surface area contributed by atoms with Crippen molar-refractivity contribution in [2.45, 2.75) is 71.3 Å². The normalized spacial score (nSPS) is 18.9. The maximum Gasteiger partial charge on any atom is 0.224 e. The van der Waals surface area contributed by atoms with Crippen LogP contribution >= 0.6 is 0 Å². The van der Waals surface area contributed by atoms with Crippen molar-refractivity contribution in [3.63, 3.8) is 0 Å². The number of anilines is 1. The van der Waals surface area contributed by atoms with Crippen LogP contribution in [0.5, 0.6) is 0 Å². The van der Waals surface area contributed by atoms with Crippen LogP contribution in [0.25, 0.3) is 0 Å². The topological polar surface area (TPSA) is 66.5 Å². The van der Waals surface area contributed by atoms with Crippen LogP contribution in [0.3, 0.4) is 0 Å². The lowest BCUT2D eigenvalue weighted by Gasteiger charge is -2.28. The third-order valence-corrected chi connectivity index (χ3v) is 7.85. The van der Waals surface area contributed by atoms with E-state index < -0.39 is 10.0 Å². The highest BCUT2D eigenvalue weighted by Gasteiger charge is 2.26. The molecule has 0 saturated heterocycles. The standard InChI is InChI=1S/C21H32N2O3S/c1-2-14-27(25,26)23-13-12-18-9-10-20(15-19(18)16-23)22-21(24)11-8-17-6-4-3-5-7-17/h9-10,15,17H,2-8,11-14,16H2,1H3,(H,22,24). The van der Waals surface area contributed by atoms with Crippen LogP contribution in [0.1, 0.15) is 69.4 Å². The monoisotopic (exact) mass is 392 g/mol. The molecule has 6 heteroatoms. The third kappa shape index (κ3) is 5.55. The number of fused-ring (bicyclic) bond motifs is 1. The third-order valence-electron chi connectivity index (χ3n) is 5.83. The highest BCUT2D eigenvalue weighted by Crippen LogP contribution is 2.28. The Kier molecular flexibility index (Phi) is 6.93. The van der Waals surface area contributed by atoms with E-state index in [0.29, 0.717) is 31.8 Å². The van der Waals surface area contributed by atoms with Gasteiger partial charge in [0.1, 0.15) is 0 Å². The Bertz CT molecular complexity index is 755. The summed E-state index contributed by atoms with van der Waals surface area (Å²) in [7, 11) is -3.19. The second-order valence-corrected chi connectivity index (χ2v) is 10.1. The smallest absolute Gasteiger partial charge is 0.224 e. The molecule has 1 saturated carbocycles. The molecule has 27 heavy (non-hydrogen) atoms. The summed E-state index contributed by atoms with van der Waals surface area (Å²) in [6.07, 6.45) is 9.35. The van der Waals surface area contributed by atoms with Crippen molar-refractivity contribution < 1.29 is 13.2 Å². The first-order chi connectivity index (χ1) is 13.0. The molecular formula is C21H32N2O3S. The zero-order valence-electron chi connectivity index (χ0n) is 16.4. The van der Waals surface area contributed by atoms with E-state index in [0.717, 1.165) is 24.1 Å². The van der Waals surface area contributed by atoms with E-state index >= 15 is 0 Å². The number of nitrogens with one attached hydrogen (secondary N) is 1. The molecule has 1 aliphatic heterocycles. The van der Waals surface area contributed by atoms with Crippen molar-refractivity contribution >= 4 is 21.6 Å². The van der Waals surface area contributed by atoms with E-state index in [1.807, 2.05) is 25.1 Å². The van der Waals surface area contributed by atoms with Gasteiger partial charge in [-0.25, -0.2) is 8.42 Å². The van der Waals surface area contributed by atoms with Crippen molar-refractivity contribution in [2.24, 2.45) is 5.92 Å². The number of carbonyl (C=O) groups excluding carboxylic acids is 1. The fraction of sp³-hybridized carbons (Fsp3) is 0.667. The molecule has 0 radical (unpaired) electrons. The Balaban J connectivity index is 1.58. The van der Waals surface area contributed by atoms with Crippen LogP contribution in [0.15, 0.2) is 18.2 Å². The summed E-state index contributed by atoms with van der Waals surface area (Å²) in [5, 5.41) is 3.00.